The summed E-state index contributed by atoms with van der Waals surface area (Å²) in [5.41, 5.74) is 1.28. The molecule has 2 rings (SSSR count). The fourth-order valence-electron chi connectivity index (χ4n) is 2.36. The highest BCUT2D eigenvalue weighted by Gasteiger charge is 2.43. The van der Waals surface area contributed by atoms with Crippen molar-refractivity contribution < 1.29 is 14.6 Å². The third-order valence-corrected chi connectivity index (χ3v) is 3.73. The van der Waals surface area contributed by atoms with Crippen LogP contribution in [0, 0.1) is 11.8 Å². The maximum absolute atomic E-state index is 10.8. The van der Waals surface area contributed by atoms with Crippen LogP contribution in [0.1, 0.15) is 12.0 Å². The first-order valence-corrected chi connectivity index (χ1v) is 6.64. The largest absolute Gasteiger partial charge is 0.497 e. The molecule has 1 saturated carbocycles. The zero-order valence-electron chi connectivity index (χ0n) is 11.5. The van der Waals surface area contributed by atoms with E-state index in [1.165, 1.54) is 5.56 Å². The molecule has 1 aromatic carbocycles. The van der Waals surface area contributed by atoms with Gasteiger partial charge in [-0.3, -0.25) is 4.79 Å². The van der Waals surface area contributed by atoms with Gasteiger partial charge in [-0.05, 0) is 43.5 Å². The van der Waals surface area contributed by atoms with E-state index in [2.05, 4.69) is 24.1 Å². The Morgan fingerprint density at radius 1 is 1.42 bits per heavy atom. The fourth-order valence-corrected chi connectivity index (χ4v) is 2.36. The van der Waals surface area contributed by atoms with Gasteiger partial charge in [0, 0.05) is 13.1 Å². The van der Waals surface area contributed by atoms with Crippen molar-refractivity contribution in [3.05, 3.63) is 29.8 Å². The second kappa shape index (κ2) is 6.06. The maximum atomic E-state index is 10.8. The molecule has 104 valence electrons. The number of carboxylic acids is 1. The van der Waals surface area contributed by atoms with Crippen LogP contribution in [0.2, 0.25) is 0 Å². The van der Waals surface area contributed by atoms with Gasteiger partial charge in [-0.2, -0.15) is 0 Å². The van der Waals surface area contributed by atoms with Gasteiger partial charge in [-0.25, -0.2) is 0 Å². The van der Waals surface area contributed by atoms with Crippen LogP contribution in [0.15, 0.2) is 24.3 Å². The summed E-state index contributed by atoms with van der Waals surface area (Å²) in [5, 5.41) is 8.86. The summed E-state index contributed by atoms with van der Waals surface area (Å²) in [6.07, 6.45) is 1.81. The monoisotopic (exact) mass is 263 g/mol. The SMILES string of the molecule is COc1ccc(CCN(C)CC2CC2C(=O)O)cc1. The van der Waals surface area contributed by atoms with E-state index in [0.29, 0.717) is 5.92 Å². The van der Waals surface area contributed by atoms with Crippen molar-refractivity contribution in [2.24, 2.45) is 11.8 Å². The number of benzene rings is 1. The van der Waals surface area contributed by atoms with Gasteiger partial charge in [-0.15, -0.1) is 0 Å². The Balaban J connectivity index is 1.71. The molecule has 1 N–H and O–H groups in total. The van der Waals surface area contributed by atoms with E-state index in [9.17, 15) is 4.79 Å². The second-order valence-corrected chi connectivity index (χ2v) is 5.30. The molecule has 1 fully saturated rings. The molecule has 1 aromatic rings. The highest BCUT2D eigenvalue weighted by molar-refractivity contribution is 5.73. The number of carboxylic acid groups (broad SMARTS) is 1. The molecule has 2 unspecified atom stereocenters. The molecule has 0 aromatic heterocycles. The van der Waals surface area contributed by atoms with E-state index in [-0.39, 0.29) is 5.92 Å². The van der Waals surface area contributed by atoms with Gasteiger partial charge < -0.3 is 14.7 Å². The lowest BCUT2D eigenvalue weighted by Gasteiger charge is -2.16. The molecular weight excluding hydrogens is 242 g/mol. The molecule has 0 amide bonds. The zero-order chi connectivity index (χ0) is 13.8. The number of hydrogen-bond donors (Lipinski definition) is 1. The van der Waals surface area contributed by atoms with Crippen molar-refractivity contribution >= 4 is 5.97 Å². The molecule has 0 heterocycles. The topological polar surface area (TPSA) is 49.8 Å². The summed E-state index contributed by atoms with van der Waals surface area (Å²) in [6, 6.07) is 8.08. The predicted octanol–water partition coefficient (Wildman–Crippen LogP) is 1.89. The van der Waals surface area contributed by atoms with E-state index in [1.54, 1.807) is 7.11 Å². The highest BCUT2D eigenvalue weighted by Crippen LogP contribution is 2.38. The number of rotatable bonds is 7. The summed E-state index contributed by atoms with van der Waals surface area (Å²) in [7, 11) is 3.72. The summed E-state index contributed by atoms with van der Waals surface area (Å²) < 4.78 is 5.12. The van der Waals surface area contributed by atoms with Crippen LogP contribution in [-0.4, -0.2) is 43.2 Å². The molecule has 0 radical (unpaired) electrons. The third-order valence-electron chi connectivity index (χ3n) is 3.73. The Hall–Kier alpha value is -1.55. The van der Waals surface area contributed by atoms with Crippen LogP contribution in [-0.2, 0) is 11.2 Å². The van der Waals surface area contributed by atoms with Gasteiger partial charge in [0.15, 0.2) is 0 Å². The fraction of sp³-hybridized carbons (Fsp3) is 0.533. The average molecular weight is 263 g/mol. The van der Waals surface area contributed by atoms with Gasteiger partial charge in [0.25, 0.3) is 0 Å². The lowest BCUT2D eigenvalue weighted by Crippen LogP contribution is -2.24. The molecule has 0 aliphatic heterocycles. The van der Waals surface area contributed by atoms with Gasteiger partial charge in [0.2, 0.25) is 0 Å². The van der Waals surface area contributed by atoms with Crippen LogP contribution >= 0.6 is 0 Å². The van der Waals surface area contributed by atoms with Crippen molar-refractivity contribution in [2.75, 3.05) is 27.2 Å². The number of likely N-dealkylation sites (N-methyl/N-ethyl adjacent to an activating group) is 1. The Morgan fingerprint density at radius 3 is 2.63 bits per heavy atom. The summed E-state index contributed by atoms with van der Waals surface area (Å²) in [6.45, 7) is 1.84. The number of nitrogens with zero attached hydrogens (tertiary/aromatic N) is 1. The molecule has 0 saturated heterocycles. The zero-order valence-corrected chi connectivity index (χ0v) is 11.5. The Bertz CT molecular complexity index is 430. The third kappa shape index (κ3) is 3.96. The Labute approximate surface area is 114 Å². The first-order valence-electron chi connectivity index (χ1n) is 6.64. The summed E-state index contributed by atoms with van der Waals surface area (Å²) >= 11 is 0. The lowest BCUT2D eigenvalue weighted by atomic mass is 10.1. The van der Waals surface area contributed by atoms with E-state index in [1.807, 2.05) is 12.1 Å². The smallest absolute Gasteiger partial charge is 0.306 e. The average Bonchev–Trinajstić information content (AvgIpc) is 3.16. The number of ether oxygens (including phenoxy) is 1. The Kier molecular flexibility index (Phi) is 4.43. The predicted molar refractivity (Wildman–Crippen MR) is 73.4 cm³/mol. The van der Waals surface area contributed by atoms with E-state index in [4.69, 9.17) is 9.84 Å². The van der Waals surface area contributed by atoms with Crippen LogP contribution in [0.5, 0.6) is 5.75 Å². The number of aliphatic carboxylic acids is 1. The van der Waals surface area contributed by atoms with Crippen molar-refractivity contribution in [1.82, 2.24) is 4.90 Å². The summed E-state index contributed by atoms with van der Waals surface area (Å²) in [4.78, 5) is 13.0. The van der Waals surface area contributed by atoms with Crippen molar-refractivity contribution in [3.63, 3.8) is 0 Å². The van der Waals surface area contributed by atoms with Crippen LogP contribution < -0.4 is 4.74 Å². The van der Waals surface area contributed by atoms with Crippen LogP contribution in [0.4, 0.5) is 0 Å². The van der Waals surface area contributed by atoms with E-state index >= 15 is 0 Å². The van der Waals surface area contributed by atoms with Crippen molar-refractivity contribution in [1.29, 1.82) is 0 Å². The van der Waals surface area contributed by atoms with E-state index in [0.717, 1.165) is 31.7 Å². The standard InChI is InChI=1S/C15H21NO3/c1-16(10-12-9-14(12)15(17)18)8-7-11-3-5-13(19-2)6-4-11/h3-6,12,14H,7-10H2,1-2H3,(H,17,18). The maximum Gasteiger partial charge on any atom is 0.306 e. The second-order valence-electron chi connectivity index (χ2n) is 5.30. The number of hydrogen-bond acceptors (Lipinski definition) is 3. The molecule has 4 heteroatoms. The minimum absolute atomic E-state index is 0.108. The van der Waals surface area contributed by atoms with Gasteiger partial charge in [-0.1, -0.05) is 12.1 Å². The quantitative estimate of drug-likeness (QED) is 0.816. The Morgan fingerprint density at radius 2 is 2.11 bits per heavy atom. The van der Waals surface area contributed by atoms with Gasteiger partial charge in [0.05, 0.1) is 13.0 Å². The lowest BCUT2D eigenvalue weighted by molar-refractivity contribution is -0.138. The summed E-state index contributed by atoms with van der Waals surface area (Å²) in [5.74, 6) is 0.467. The van der Waals surface area contributed by atoms with Crippen molar-refractivity contribution in [3.8, 4) is 5.75 Å². The van der Waals surface area contributed by atoms with Gasteiger partial charge in [0.1, 0.15) is 5.75 Å². The van der Waals surface area contributed by atoms with Gasteiger partial charge >= 0.3 is 5.97 Å². The molecule has 4 nitrogen and oxygen atoms in total. The van der Waals surface area contributed by atoms with E-state index < -0.39 is 5.97 Å². The minimum Gasteiger partial charge on any atom is -0.497 e. The molecule has 1 aliphatic rings. The van der Waals surface area contributed by atoms with Crippen molar-refractivity contribution in [2.45, 2.75) is 12.8 Å². The molecule has 1 aliphatic carbocycles. The molecule has 2 atom stereocenters. The minimum atomic E-state index is -0.645. The molecule has 0 bridgehead atoms. The van der Waals surface area contributed by atoms with Crippen LogP contribution in [0.25, 0.3) is 0 Å². The first kappa shape index (κ1) is 13.9. The normalized spacial score (nSPS) is 21.4. The molecular formula is C15H21NO3. The molecule has 0 spiro atoms. The molecule has 19 heavy (non-hydrogen) atoms. The van der Waals surface area contributed by atoms with Crippen LogP contribution in [0.3, 0.4) is 0 Å². The number of methoxy groups -OCH3 is 1. The first-order chi connectivity index (χ1) is 9.10. The highest BCUT2D eigenvalue weighted by atomic mass is 16.5. The number of carbonyl (C=O) groups is 1.